The van der Waals surface area contributed by atoms with Gasteiger partial charge in [-0.1, -0.05) is 18.6 Å². The molecule has 3 rings (SSSR count). The number of hydrogen-bond acceptors (Lipinski definition) is 4. The number of aliphatic carboxylic acids is 1. The number of sulfone groups is 1. The van der Waals surface area contributed by atoms with E-state index >= 15 is 0 Å². The zero-order chi connectivity index (χ0) is 17.5. The van der Waals surface area contributed by atoms with Gasteiger partial charge >= 0.3 is 5.97 Å². The molecule has 6 nitrogen and oxygen atoms in total. The Kier molecular flexibility index (Phi) is 4.15. The molecule has 2 aliphatic rings. The molecule has 0 unspecified atom stereocenters. The van der Waals surface area contributed by atoms with E-state index in [1.54, 1.807) is 29.2 Å². The number of hydrogen-bond donors (Lipinski definition) is 1. The van der Waals surface area contributed by atoms with Crippen molar-refractivity contribution in [2.75, 3.05) is 19.3 Å². The Labute approximate surface area is 141 Å². The molecular formula is C17H21NO5S. The average Bonchev–Trinajstić information content (AvgIpc) is 3.03. The lowest BCUT2D eigenvalue weighted by Crippen LogP contribution is -2.37. The first-order valence-corrected chi connectivity index (χ1v) is 10.1. The summed E-state index contributed by atoms with van der Waals surface area (Å²) in [5.41, 5.74) is 0.313. The summed E-state index contributed by atoms with van der Waals surface area (Å²) >= 11 is 0. The molecule has 0 radical (unpaired) electrons. The van der Waals surface area contributed by atoms with E-state index in [1.807, 2.05) is 0 Å². The number of nitrogens with zero attached hydrogens (tertiary/aromatic N) is 1. The van der Waals surface area contributed by atoms with Crippen molar-refractivity contribution >= 4 is 21.7 Å². The van der Waals surface area contributed by atoms with Crippen LogP contribution >= 0.6 is 0 Å². The zero-order valence-electron chi connectivity index (χ0n) is 13.6. The monoisotopic (exact) mass is 351 g/mol. The van der Waals surface area contributed by atoms with E-state index in [4.69, 9.17) is 0 Å². The summed E-state index contributed by atoms with van der Waals surface area (Å²) in [7, 11) is -3.11. The number of likely N-dealkylation sites (tertiary alicyclic amines) is 1. The normalized spacial score (nSPS) is 26.4. The molecule has 0 spiro atoms. The van der Waals surface area contributed by atoms with E-state index in [0.29, 0.717) is 24.1 Å². The highest BCUT2D eigenvalue weighted by Gasteiger charge is 2.55. The van der Waals surface area contributed by atoms with Crippen LogP contribution in [-0.2, 0) is 20.4 Å². The van der Waals surface area contributed by atoms with Crippen LogP contribution in [0.2, 0.25) is 0 Å². The maximum Gasteiger partial charge on any atom is 0.311 e. The molecule has 1 aromatic carbocycles. The number of carbonyl (C=O) groups is 2. The van der Waals surface area contributed by atoms with Gasteiger partial charge in [0.1, 0.15) is 0 Å². The first-order valence-electron chi connectivity index (χ1n) is 8.01. The Morgan fingerprint density at radius 3 is 2.50 bits per heavy atom. The van der Waals surface area contributed by atoms with E-state index in [1.165, 1.54) is 6.26 Å². The van der Waals surface area contributed by atoms with E-state index < -0.39 is 21.2 Å². The van der Waals surface area contributed by atoms with Crippen LogP contribution in [0.15, 0.2) is 24.3 Å². The number of benzene rings is 1. The summed E-state index contributed by atoms with van der Waals surface area (Å²) < 4.78 is 22.6. The van der Waals surface area contributed by atoms with Crippen molar-refractivity contribution in [1.29, 1.82) is 0 Å². The minimum Gasteiger partial charge on any atom is -0.481 e. The SMILES string of the molecule is CS(=O)(=O)Cc1ccc(C(=O)N2C[C@@H]3CCC[C@@]3(C(=O)O)C2)cc1. The van der Waals surface area contributed by atoms with Crippen molar-refractivity contribution in [3.8, 4) is 0 Å². The molecule has 1 saturated carbocycles. The molecule has 1 amide bonds. The third kappa shape index (κ3) is 3.05. The second-order valence-corrected chi connectivity index (χ2v) is 9.14. The molecule has 1 aliphatic heterocycles. The minimum absolute atomic E-state index is 0.0310. The van der Waals surface area contributed by atoms with Crippen molar-refractivity contribution in [2.24, 2.45) is 11.3 Å². The molecule has 0 aromatic heterocycles. The Bertz CT molecular complexity index is 771. The summed E-state index contributed by atoms with van der Waals surface area (Å²) in [6.07, 6.45) is 3.55. The highest BCUT2D eigenvalue weighted by molar-refractivity contribution is 7.89. The summed E-state index contributed by atoms with van der Waals surface area (Å²) in [4.78, 5) is 26.0. The van der Waals surface area contributed by atoms with Gasteiger partial charge in [-0.2, -0.15) is 0 Å². The van der Waals surface area contributed by atoms with Crippen LogP contribution in [0.4, 0.5) is 0 Å². The van der Waals surface area contributed by atoms with Crippen LogP contribution in [0.3, 0.4) is 0 Å². The molecule has 2 atom stereocenters. The van der Waals surface area contributed by atoms with Gasteiger partial charge in [0.05, 0.1) is 11.2 Å². The van der Waals surface area contributed by atoms with Gasteiger partial charge < -0.3 is 10.0 Å². The fourth-order valence-electron chi connectivity index (χ4n) is 4.02. The van der Waals surface area contributed by atoms with Crippen molar-refractivity contribution < 1.29 is 23.1 Å². The van der Waals surface area contributed by atoms with Gasteiger partial charge in [-0.25, -0.2) is 8.42 Å². The molecule has 1 N–H and O–H groups in total. The van der Waals surface area contributed by atoms with Crippen molar-refractivity contribution in [1.82, 2.24) is 4.90 Å². The summed E-state index contributed by atoms with van der Waals surface area (Å²) in [6.45, 7) is 0.743. The quantitative estimate of drug-likeness (QED) is 0.889. The molecule has 2 fully saturated rings. The number of carbonyl (C=O) groups excluding carboxylic acids is 1. The van der Waals surface area contributed by atoms with Crippen LogP contribution < -0.4 is 0 Å². The number of rotatable bonds is 4. The van der Waals surface area contributed by atoms with Gasteiger partial charge in [-0.05, 0) is 36.5 Å². The van der Waals surface area contributed by atoms with Gasteiger partial charge in [0.15, 0.2) is 9.84 Å². The van der Waals surface area contributed by atoms with Gasteiger partial charge in [0.25, 0.3) is 5.91 Å². The van der Waals surface area contributed by atoms with Crippen molar-refractivity contribution in [2.45, 2.75) is 25.0 Å². The predicted molar refractivity (Wildman–Crippen MR) is 88.3 cm³/mol. The van der Waals surface area contributed by atoms with Gasteiger partial charge in [0, 0.05) is 24.9 Å². The summed E-state index contributed by atoms with van der Waals surface area (Å²) in [5, 5.41) is 9.59. The van der Waals surface area contributed by atoms with E-state index in [2.05, 4.69) is 0 Å². The van der Waals surface area contributed by atoms with E-state index in [0.717, 1.165) is 12.8 Å². The second-order valence-electron chi connectivity index (χ2n) is 7.00. The third-order valence-electron chi connectivity index (χ3n) is 5.21. The molecule has 1 saturated heterocycles. The number of amides is 1. The first kappa shape index (κ1) is 17.0. The number of fused-ring (bicyclic) bond motifs is 1. The Hall–Kier alpha value is -1.89. The lowest BCUT2D eigenvalue weighted by Gasteiger charge is -2.23. The fraction of sp³-hybridized carbons (Fsp3) is 0.529. The van der Waals surface area contributed by atoms with Gasteiger partial charge in [0.2, 0.25) is 0 Å². The van der Waals surface area contributed by atoms with Gasteiger partial charge in [-0.3, -0.25) is 9.59 Å². The highest BCUT2D eigenvalue weighted by Crippen LogP contribution is 2.49. The molecule has 0 bridgehead atoms. The maximum absolute atomic E-state index is 12.7. The summed E-state index contributed by atoms with van der Waals surface area (Å²) in [6, 6.07) is 6.51. The topological polar surface area (TPSA) is 91.8 Å². The van der Waals surface area contributed by atoms with Crippen LogP contribution in [0.5, 0.6) is 0 Å². The molecule has 1 aromatic rings. The van der Waals surface area contributed by atoms with Crippen molar-refractivity contribution in [3.05, 3.63) is 35.4 Å². The minimum atomic E-state index is -3.11. The second kappa shape index (κ2) is 5.88. The molecule has 1 heterocycles. The molecule has 24 heavy (non-hydrogen) atoms. The molecule has 7 heteroatoms. The fourth-order valence-corrected chi connectivity index (χ4v) is 4.82. The van der Waals surface area contributed by atoms with Crippen LogP contribution in [0, 0.1) is 11.3 Å². The molecule has 130 valence electrons. The lowest BCUT2D eigenvalue weighted by molar-refractivity contribution is -0.149. The van der Waals surface area contributed by atoms with Crippen LogP contribution in [0.25, 0.3) is 0 Å². The van der Waals surface area contributed by atoms with Crippen LogP contribution in [0.1, 0.15) is 35.2 Å². The smallest absolute Gasteiger partial charge is 0.311 e. The first-order chi connectivity index (χ1) is 11.2. The third-order valence-corrected chi connectivity index (χ3v) is 6.07. The number of carboxylic acid groups (broad SMARTS) is 1. The predicted octanol–water partition coefficient (Wildman–Crippen LogP) is 1.56. The maximum atomic E-state index is 12.7. The van der Waals surface area contributed by atoms with Crippen molar-refractivity contribution in [3.63, 3.8) is 0 Å². The average molecular weight is 351 g/mol. The standard InChI is InChI=1S/C17H21NO5S/c1-24(22,23)10-12-4-6-13(7-5-12)15(19)18-9-14-3-2-8-17(14,11-18)16(20)21/h4-7,14H,2-3,8-11H2,1H3,(H,20,21)/t14-,17+/m0/s1. The molecular weight excluding hydrogens is 330 g/mol. The Morgan fingerprint density at radius 1 is 1.29 bits per heavy atom. The van der Waals surface area contributed by atoms with Crippen LogP contribution in [-0.4, -0.2) is 49.6 Å². The Balaban J connectivity index is 1.75. The Morgan fingerprint density at radius 2 is 1.96 bits per heavy atom. The highest BCUT2D eigenvalue weighted by atomic mass is 32.2. The van der Waals surface area contributed by atoms with E-state index in [9.17, 15) is 23.1 Å². The zero-order valence-corrected chi connectivity index (χ0v) is 14.4. The molecule has 1 aliphatic carbocycles. The largest absolute Gasteiger partial charge is 0.481 e. The summed E-state index contributed by atoms with van der Waals surface area (Å²) in [5.74, 6) is -1.02. The lowest BCUT2D eigenvalue weighted by atomic mass is 9.81. The van der Waals surface area contributed by atoms with Gasteiger partial charge in [-0.15, -0.1) is 0 Å². The van der Waals surface area contributed by atoms with E-state index in [-0.39, 0.29) is 24.1 Å². The number of carboxylic acids is 1.